The maximum absolute atomic E-state index is 5.93. The third-order valence-electron chi connectivity index (χ3n) is 5.71. The lowest BCUT2D eigenvalue weighted by Gasteiger charge is -2.28. The van der Waals surface area contributed by atoms with Crippen LogP contribution >= 0.6 is 12.2 Å². The molecule has 2 aromatic carbocycles. The Kier molecular flexibility index (Phi) is 8.72. The van der Waals surface area contributed by atoms with Gasteiger partial charge in [-0.05, 0) is 54.7 Å². The highest BCUT2D eigenvalue weighted by Crippen LogP contribution is 2.29. The van der Waals surface area contributed by atoms with Crippen LogP contribution < -0.4 is 14.8 Å². The quantitative estimate of drug-likeness (QED) is 0.391. The van der Waals surface area contributed by atoms with E-state index in [0.29, 0.717) is 17.6 Å². The molecule has 0 spiro atoms. The van der Waals surface area contributed by atoms with E-state index in [0.717, 1.165) is 42.3 Å². The molecule has 0 aliphatic carbocycles. The van der Waals surface area contributed by atoms with Crippen molar-refractivity contribution in [2.45, 2.75) is 46.2 Å². The number of hydrogen-bond donors (Lipinski definition) is 1. The van der Waals surface area contributed by atoms with E-state index in [2.05, 4.69) is 58.7 Å². The van der Waals surface area contributed by atoms with E-state index < -0.39 is 0 Å². The molecule has 1 heterocycles. The fourth-order valence-electron chi connectivity index (χ4n) is 3.83. The Morgan fingerprint density at radius 3 is 2.67 bits per heavy atom. The van der Waals surface area contributed by atoms with Crippen molar-refractivity contribution in [3.8, 4) is 11.5 Å². The molecular formula is C26H34N4O2S. The summed E-state index contributed by atoms with van der Waals surface area (Å²) in [4.78, 5) is 6.34. The van der Waals surface area contributed by atoms with Crippen LogP contribution in [0.25, 0.3) is 0 Å². The predicted molar refractivity (Wildman–Crippen MR) is 138 cm³/mol. The van der Waals surface area contributed by atoms with Gasteiger partial charge < -0.3 is 24.3 Å². The largest absolute Gasteiger partial charge is 0.497 e. The molecule has 7 heteroatoms. The number of nitrogens with zero attached hydrogens (tertiary/aromatic N) is 3. The van der Waals surface area contributed by atoms with E-state index in [1.54, 1.807) is 20.4 Å². The summed E-state index contributed by atoms with van der Waals surface area (Å²) in [7, 11) is 3.34. The molecule has 0 unspecified atom stereocenters. The molecule has 0 aliphatic rings. The summed E-state index contributed by atoms with van der Waals surface area (Å²) >= 11 is 5.93. The summed E-state index contributed by atoms with van der Waals surface area (Å²) in [6.45, 7) is 8.82. The van der Waals surface area contributed by atoms with E-state index in [1.807, 2.05) is 30.7 Å². The van der Waals surface area contributed by atoms with Crippen molar-refractivity contribution in [1.82, 2.24) is 14.5 Å². The van der Waals surface area contributed by atoms with Gasteiger partial charge in [0, 0.05) is 49.3 Å². The van der Waals surface area contributed by atoms with Crippen LogP contribution in [0.4, 0.5) is 5.69 Å². The fraction of sp³-hybridized carbons (Fsp3) is 0.385. The highest BCUT2D eigenvalue weighted by Gasteiger charge is 2.17. The van der Waals surface area contributed by atoms with Crippen molar-refractivity contribution in [3.63, 3.8) is 0 Å². The molecule has 0 fully saturated rings. The van der Waals surface area contributed by atoms with E-state index in [1.165, 1.54) is 11.1 Å². The van der Waals surface area contributed by atoms with Crippen LogP contribution in [0, 0.1) is 6.92 Å². The molecule has 0 atom stereocenters. The molecule has 1 aromatic heterocycles. The standard InChI is InChI=1S/C26H34N4O2S/c1-19(2)23-9-6-8-20(3)25(23)28-26(33)30(14-7-13-29-15-12-27-18-29)17-21-10-11-22(31-4)16-24(21)32-5/h6,8-12,15-16,18-19H,7,13-14,17H2,1-5H3,(H,28,33). The van der Waals surface area contributed by atoms with Gasteiger partial charge in [-0.25, -0.2) is 4.98 Å². The highest BCUT2D eigenvalue weighted by atomic mass is 32.1. The zero-order chi connectivity index (χ0) is 23.8. The molecule has 0 bridgehead atoms. The first-order valence-electron chi connectivity index (χ1n) is 11.2. The van der Waals surface area contributed by atoms with E-state index in [-0.39, 0.29) is 0 Å². The molecule has 0 amide bonds. The van der Waals surface area contributed by atoms with Gasteiger partial charge in [0.15, 0.2) is 5.11 Å². The zero-order valence-corrected chi connectivity index (χ0v) is 21.0. The number of aromatic nitrogens is 2. The van der Waals surface area contributed by atoms with Crippen LogP contribution in [0.3, 0.4) is 0 Å². The molecule has 176 valence electrons. The van der Waals surface area contributed by atoms with Crippen molar-refractivity contribution in [2.24, 2.45) is 0 Å². The lowest BCUT2D eigenvalue weighted by Crippen LogP contribution is -2.36. The number of thiocarbonyl (C=S) groups is 1. The average Bonchev–Trinajstić information content (AvgIpc) is 3.33. The van der Waals surface area contributed by atoms with E-state index in [4.69, 9.17) is 21.7 Å². The fourth-order valence-corrected chi connectivity index (χ4v) is 4.09. The molecule has 0 saturated heterocycles. The molecule has 0 radical (unpaired) electrons. The Morgan fingerprint density at radius 2 is 2.00 bits per heavy atom. The van der Waals surface area contributed by atoms with Gasteiger partial charge in [0.2, 0.25) is 0 Å². The number of hydrogen-bond acceptors (Lipinski definition) is 4. The first kappa shape index (κ1) is 24.6. The number of anilines is 1. The van der Waals surface area contributed by atoms with Gasteiger partial charge in [0.25, 0.3) is 0 Å². The SMILES string of the molecule is COc1ccc(CN(CCCn2ccnc2)C(=S)Nc2c(C)cccc2C(C)C)c(OC)c1. The van der Waals surface area contributed by atoms with Crippen LogP contribution in [0.2, 0.25) is 0 Å². The number of benzene rings is 2. The smallest absolute Gasteiger partial charge is 0.173 e. The maximum Gasteiger partial charge on any atom is 0.173 e. The Bertz CT molecular complexity index is 1050. The molecule has 3 aromatic rings. The van der Waals surface area contributed by atoms with Crippen LogP contribution in [-0.4, -0.2) is 40.3 Å². The Balaban J connectivity index is 1.83. The minimum Gasteiger partial charge on any atom is -0.497 e. The summed E-state index contributed by atoms with van der Waals surface area (Å²) < 4.78 is 13.1. The third-order valence-corrected chi connectivity index (χ3v) is 6.07. The molecule has 33 heavy (non-hydrogen) atoms. The summed E-state index contributed by atoms with van der Waals surface area (Å²) in [5.74, 6) is 1.95. The second-order valence-corrected chi connectivity index (χ2v) is 8.76. The van der Waals surface area contributed by atoms with Crippen LogP contribution in [0.15, 0.2) is 55.1 Å². The summed E-state index contributed by atoms with van der Waals surface area (Å²) in [5, 5.41) is 4.26. The molecule has 0 aliphatic heterocycles. The van der Waals surface area contributed by atoms with Gasteiger partial charge >= 0.3 is 0 Å². The van der Waals surface area contributed by atoms with Gasteiger partial charge in [0.1, 0.15) is 11.5 Å². The van der Waals surface area contributed by atoms with Crippen LogP contribution in [0.1, 0.15) is 42.9 Å². The monoisotopic (exact) mass is 466 g/mol. The van der Waals surface area contributed by atoms with Crippen molar-refractivity contribution in [3.05, 3.63) is 71.8 Å². The Morgan fingerprint density at radius 1 is 1.18 bits per heavy atom. The summed E-state index contributed by atoms with van der Waals surface area (Å²) in [6, 6.07) is 12.3. The van der Waals surface area contributed by atoms with Crippen molar-refractivity contribution in [2.75, 3.05) is 26.1 Å². The molecule has 0 saturated carbocycles. The van der Waals surface area contributed by atoms with Gasteiger partial charge in [-0.1, -0.05) is 32.0 Å². The van der Waals surface area contributed by atoms with Crippen LogP contribution in [0.5, 0.6) is 11.5 Å². The van der Waals surface area contributed by atoms with Crippen LogP contribution in [-0.2, 0) is 13.1 Å². The maximum atomic E-state index is 5.93. The Labute approximate surface area is 202 Å². The minimum absolute atomic E-state index is 0.395. The molecule has 3 rings (SSSR count). The summed E-state index contributed by atoms with van der Waals surface area (Å²) in [6.07, 6.45) is 6.56. The van der Waals surface area contributed by atoms with Crippen molar-refractivity contribution in [1.29, 1.82) is 0 Å². The normalized spacial score (nSPS) is 10.8. The second-order valence-electron chi connectivity index (χ2n) is 8.38. The van der Waals surface area contributed by atoms with Gasteiger partial charge in [-0.15, -0.1) is 0 Å². The minimum atomic E-state index is 0.395. The highest BCUT2D eigenvalue weighted by molar-refractivity contribution is 7.80. The lowest BCUT2D eigenvalue weighted by molar-refractivity contribution is 0.366. The summed E-state index contributed by atoms with van der Waals surface area (Å²) in [5.41, 5.74) is 4.60. The predicted octanol–water partition coefficient (Wildman–Crippen LogP) is 5.62. The van der Waals surface area contributed by atoms with Gasteiger partial charge in [-0.3, -0.25) is 0 Å². The lowest BCUT2D eigenvalue weighted by atomic mass is 9.98. The molecule has 6 nitrogen and oxygen atoms in total. The number of nitrogens with one attached hydrogen (secondary N) is 1. The zero-order valence-electron chi connectivity index (χ0n) is 20.2. The van der Waals surface area contributed by atoms with E-state index >= 15 is 0 Å². The average molecular weight is 467 g/mol. The number of aryl methyl sites for hydroxylation is 2. The number of methoxy groups -OCH3 is 2. The number of imidazole rings is 1. The Hall–Kier alpha value is -3.06. The first-order chi connectivity index (χ1) is 15.9. The van der Waals surface area contributed by atoms with Gasteiger partial charge in [-0.2, -0.15) is 0 Å². The second kappa shape index (κ2) is 11.7. The van der Waals surface area contributed by atoms with Gasteiger partial charge in [0.05, 0.1) is 20.5 Å². The molecule has 1 N–H and O–H groups in total. The van der Waals surface area contributed by atoms with Crippen molar-refractivity contribution < 1.29 is 9.47 Å². The van der Waals surface area contributed by atoms with E-state index in [9.17, 15) is 0 Å². The number of ether oxygens (including phenoxy) is 2. The third kappa shape index (κ3) is 6.48. The number of para-hydroxylation sites is 1. The topological polar surface area (TPSA) is 51.5 Å². The van der Waals surface area contributed by atoms with Crippen molar-refractivity contribution >= 4 is 23.0 Å². The molecular weight excluding hydrogens is 432 g/mol. The number of rotatable bonds is 10. The first-order valence-corrected chi connectivity index (χ1v) is 11.7.